The summed E-state index contributed by atoms with van der Waals surface area (Å²) in [6, 6.07) is 0.444. The van der Waals surface area contributed by atoms with Gasteiger partial charge in [-0.1, -0.05) is 85.5 Å². The molecular weight excluding hydrogens is 409 g/mol. The van der Waals surface area contributed by atoms with Crippen LogP contribution in [0.5, 0.6) is 0 Å². The molecule has 0 saturated heterocycles. The largest absolute Gasteiger partial charge is 0.639 e. The third-order valence-corrected chi connectivity index (χ3v) is 7.50. The maximum absolute atomic E-state index is 6.69. The fourth-order valence-corrected chi connectivity index (χ4v) is 4.81. The number of unbranched alkanes of at least 4 members (excludes halogenated alkanes) is 9. The molecule has 2 atom stereocenters. The molecule has 0 radical (unpaired) electrons. The van der Waals surface area contributed by atoms with Crippen LogP contribution in [-0.2, 0) is 14.0 Å². The van der Waals surface area contributed by atoms with E-state index in [1.54, 1.807) is 0 Å². The second-order valence-electron chi connectivity index (χ2n) is 9.99. The zero-order valence-electron chi connectivity index (χ0n) is 23.8. The first-order chi connectivity index (χ1) is 16.0. The normalized spacial score (nSPS) is 13.9. The van der Waals surface area contributed by atoms with Gasteiger partial charge in [0.25, 0.3) is 0 Å². The molecule has 0 aliphatic carbocycles. The summed E-state index contributed by atoms with van der Waals surface area (Å²) in [6.07, 6.45) is 17.4. The Hall–Kier alpha value is -0.0951. The van der Waals surface area contributed by atoms with Gasteiger partial charge >= 0.3 is 7.32 Å². The third kappa shape index (κ3) is 14.8. The van der Waals surface area contributed by atoms with Gasteiger partial charge in [0.1, 0.15) is 6.04 Å². The Labute approximate surface area is 209 Å². The zero-order chi connectivity index (χ0) is 24.8. The molecule has 0 bridgehead atoms. The van der Waals surface area contributed by atoms with Gasteiger partial charge in [-0.2, -0.15) is 0 Å². The van der Waals surface area contributed by atoms with Crippen molar-refractivity contribution in [3.63, 3.8) is 0 Å². The lowest BCUT2D eigenvalue weighted by molar-refractivity contribution is -0.949. The summed E-state index contributed by atoms with van der Waals surface area (Å²) in [5.74, 6) is 0. The Kier molecular flexibility index (Phi) is 22.3. The molecule has 0 amide bonds. The predicted octanol–water partition coefficient (Wildman–Crippen LogP) is 8.18. The predicted molar refractivity (Wildman–Crippen MR) is 146 cm³/mol. The molecule has 33 heavy (non-hydrogen) atoms. The number of hydrogen-bond acceptors (Lipinski definition) is 3. The topological polar surface area (TPSA) is 27.7 Å². The zero-order valence-corrected chi connectivity index (χ0v) is 23.8. The third-order valence-electron chi connectivity index (χ3n) is 7.50. The van der Waals surface area contributed by atoms with Crippen molar-refractivity contribution in [3.8, 4) is 0 Å². The molecule has 0 fully saturated rings. The van der Waals surface area contributed by atoms with E-state index in [-0.39, 0.29) is 6.10 Å². The first-order valence-corrected chi connectivity index (χ1v) is 14.8. The van der Waals surface area contributed by atoms with Gasteiger partial charge in [-0.25, -0.2) is 0 Å². The Morgan fingerprint density at radius 3 is 1.58 bits per heavy atom. The van der Waals surface area contributed by atoms with Crippen molar-refractivity contribution in [3.05, 3.63) is 0 Å². The van der Waals surface area contributed by atoms with E-state index in [1.165, 1.54) is 64.3 Å². The van der Waals surface area contributed by atoms with Gasteiger partial charge in [0, 0.05) is 13.2 Å². The number of rotatable bonds is 25. The first kappa shape index (κ1) is 32.9. The van der Waals surface area contributed by atoms with Crippen molar-refractivity contribution < 1.29 is 18.4 Å². The lowest BCUT2D eigenvalue weighted by atomic mass is 9.98. The van der Waals surface area contributed by atoms with Gasteiger partial charge in [-0.05, 0) is 52.9 Å². The molecule has 0 rings (SSSR count). The molecule has 0 aliphatic rings. The SMILES string of the molecule is CCCCCCCC(OB(OCCCC)OCCCC)C(C)[N+](CC)(CC)CCCCCC. The molecule has 0 N–H and O–H groups in total. The van der Waals surface area contributed by atoms with Gasteiger partial charge in [0.05, 0.1) is 25.7 Å². The molecule has 2 unspecified atom stereocenters. The highest BCUT2D eigenvalue weighted by atomic mass is 16.7. The van der Waals surface area contributed by atoms with Crippen LogP contribution in [0.1, 0.15) is 138 Å². The molecule has 0 aromatic rings. The van der Waals surface area contributed by atoms with Crippen LogP contribution in [0.3, 0.4) is 0 Å². The lowest BCUT2D eigenvalue weighted by Crippen LogP contribution is -2.60. The Balaban J connectivity index is 5.37. The van der Waals surface area contributed by atoms with Crippen LogP contribution in [-0.4, -0.2) is 56.8 Å². The van der Waals surface area contributed by atoms with Gasteiger partial charge in [0.15, 0.2) is 0 Å². The maximum Gasteiger partial charge on any atom is 0.639 e. The minimum Gasteiger partial charge on any atom is -0.386 e. The summed E-state index contributed by atoms with van der Waals surface area (Å²) in [7, 11) is -0.526. The second-order valence-corrected chi connectivity index (χ2v) is 9.99. The fourth-order valence-electron chi connectivity index (χ4n) is 4.81. The Morgan fingerprint density at radius 2 is 1.09 bits per heavy atom. The van der Waals surface area contributed by atoms with Crippen molar-refractivity contribution >= 4 is 7.32 Å². The van der Waals surface area contributed by atoms with Gasteiger partial charge < -0.3 is 18.4 Å². The molecule has 4 nitrogen and oxygen atoms in total. The highest BCUT2D eigenvalue weighted by Gasteiger charge is 2.39. The highest BCUT2D eigenvalue weighted by molar-refractivity contribution is 6.36. The maximum atomic E-state index is 6.69. The van der Waals surface area contributed by atoms with Crippen LogP contribution in [0.15, 0.2) is 0 Å². The van der Waals surface area contributed by atoms with Gasteiger partial charge in [0.2, 0.25) is 0 Å². The van der Waals surface area contributed by atoms with E-state index in [9.17, 15) is 0 Å². The van der Waals surface area contributed by atoms with Gasteiger partial charge in [-0.3, -0.25) is 0 Å². The Bertz CT molecular complexity index is 397. The summed E-state index contributed by atoms with van der Waals surface area (Å²) >= 11 is 0. The van der Waals surface area contributed by atoms with E-state index in [2.05, 4.69) is 48.5 Å². The van der Waals surface area contributed by atoms with Crippen molar-refractivity contribution in [2.45, 2.75) is 151 Å². The first-order valence-electron chi connectivity index (χ1n) is 14.8. The van der Waals surface area contributed by atoms with E-state index in [1.807, 2.05) is 0 Å². The van der Waals surface area contributed by atoms with E-state index < -0.39 is 7.32 Å². The number of likely N-dealkylation sites (N-methyl/N-ethyl adjacent to an activating group) is 1. The van der Waals surface area contributed by atoms with E-state index in [0.717, 1.165) is 49.7 Å². The molecular formula is C28H61BNO3+. The number of quaternary nitrogens is 1. The van der Waals surface area contributed by atoms with E-state index >= 15 is 0 Å². The minimum atomic E-state index is -0.526. The molecule has 5 heteroatoms. The van der Waals surface area contributed by atoms with Gasteiger partial charge in [-0.15, -0.1) is 0 Å². The van der Waals surface area contributed by atoms with Crippen LogP contribution in [0.2, 0.25) is 0 Å². The average Bonchev–Trinajstić information content (AvgIpc) is 2.83. The summed E-state index contributed by atoms with van der Waals surface area (Å²) in [5.41, 5.74) is 0. The molecule has 0 aliphatic heterocycles. The summed E-state index contributed by atoms with van der Waals surface area (Å²) in [4.78, 5) is 0. The van der Waals surface area contributed by atoms with Crippen LogP contribution >= 0.6 is 0 Å². The van der Waals surface area contributed by atoms with Crippen LogP contribution in [0.25, 0.3) is 0 Å². The van der Waals surface area contributed by atoms with Crippen LogP contribution in [0, 0.1) is 0 Å². The number of hydrogen-bond donors (Lipinski definition) is 0. The van der Waals surface area contributed by atoms with E-state index in [0.29, 0.717) is 19.3 Å². The summed E-state index contributed by atoms with van der Waals surface area (Å²) < 4.78 is 20.0. The highest BCUT2D eigenvalue weighted by Crippen LogP contribution is 2.25. The average molecular weight is 471 g/mol. The number of nitrogens with zero attached hydrogens (tertiary/aromatic N) is 1. The monoisotopic (exact) mass is 470 g/mol. The smallest absolute Gasteiger partial charge is 0.386 e. The van der Waals surface area contributed by atoms with E-state index in [4.69, 9.17) is 14.0 Å². The Morgan fingerprint density at radius 1 is 0.606 bits per heavy atom. The summed E-state index contributed by atoms with van der Waals surface area (Å²) in [6.45, 7) is 21.1. The second kappa shape index (κ2) is 22.4. The van der Waals surface area contributed by atoms with Crippen molar-refractivity contribution in [2.24, 2.45) is 0 Å². The molecule has 0 saturated carbocycles. The van der Waals surface area contributed by atoms with Crippen molar-refractivity contribution in [1.29, 1.82) is 0 Å². The molecule has 0 spiro atoms. The van der Waals surface area contributed by atoms with Crippen molar-refractivity contribution in [1.82, 2.24) is 0 Å². The quantitative estimate of drug-likeness (QED) is 0.0765. The van der Waals surface area contributed by atoms with Crippen LogP contribution < -0.4 is 0 Å². The van der Waals surface area contributed by atoms with Crippen molar-refractivity contribution in [2.75, 3.05) is 32.8 Å². The van der Waals surface area contributed by atoms with Crippen LogP contribution in [0.4, 0.5) is 0 Å². The standard InChI is InChI=1S/C28H61BNO3/c1-8-14-18-20-21-23-28(33-29(31-25-16-10-3)32-26-17-11-4)27(7)30(12-5,13-6)24-22-19-15-9-2/h27-28H,8-26H2,1-7H3/q+1. The molecule has 0 aromatic carbocycles. The molecule has 198 valence electrons. The minimum absolute atomic E-state index is 0.172. The lowest BCUT2D eigenvalue weighted by Gasteiger charge is -2.46. The summed E-state index contributed by atoms with van der Waals surface area (Å²) in [5, 5.41) is 0. The molecule has 0 heterocycles. The fraction of sp³-hybridized carbons (Fsp3) is 1.00. The molecule has 0 aromatic heterocycles.